The zero-order valence-corrected chi connectivity index (χ0v) is 17.9. The van der Waals surface area contributed by atoms with E-state index in [1.807, 2.05) is 18.9 Å². The van der Waals surface area contributed by atoms with Crippen molar-refractivity contribution in [2.75, 3.05) is 32.0 Å². The van der Waals surface area contributed by atoms with Gasteiger partial charge < -0.3 is 5.32 Å². The van der Waals surface area contributed by atoms with Gasteiger partial charge in [0.25, 0.3) is 0 Å². The lowest BCUT2D eigenvalue weighted by molar-refractivity contribution is -0.117. The van der Waals surface area contributed by atoms with Gasteiger partial charge in [-0.05, 0) is 50.6 Å². The van der Waals surface area contributed by atoms with E-state index in [9.17, 15) is 13.2 Å². The maximum absolute atomic E-state index is 12.8. The molecule has 0 saturated carbocycles. The summed E-state index contributed by atoms with van der Waals surface area (Å²) in [5.74, 6) is -0.174. The number of hydrogen-bond acceptors (Lipinski definition) is 4. The topological polar surface area (TPSA) is 69.7 Å². The number of hydrogen-bond donors (Lipinski definition) is 1. The molecule has 1 heterocycles. The van der Waals surface area contributed by atoms with E-state index in [1.54, 1.807) is 24.3 Å². The first kappa shape index (κ1) is 21.5. The smallest absolute Gasteiger partial charge is 0.243 e. The molecule has 29 heavy (non-hydrogen) atoms. The second-order valence-electron chi connectivity index (χ2n) is 7.70. The van der Waals surface area contributed by atoms with E-state index >= 15 is 0 Å². The molecule has 1 fully saturated rings. The number of anilines is 1. The van der Waals surface area contributed by atoms with E-state index in [0.29, 0.717) is 25.3 Å². The highest BCUT2D eigenvalue weighted by atomic mass is 32.2. The van der Waals surface area contributed by atoms with Crippen LogP contribution < -0.4 is 5.32 Å². The minimum Gasteiger partial charge on any atom is -0.325 e. The van der Waals surface area contributed by atoms with Crippen LogP contribution in [0.4, 0.5) is 5.69 Å². The summed E-state index contributed by atoms with van der Waals surface area (Å²) in [6.45, 7) is 4.04. The minimum atomic E-state index is -3.52. The van der Waals surface area contributed by atoms with E-state index in [4.69, 9.17) is 0 Å². The summed E-state index contributed by atoms with van der Waals surface area (Å²) >= 11 is 0. The summed E-state index contributed by atoms with van der Waals surface area (Å²) in [5, 5.41) is 2.82. The van der Waals surface area contributed by atoms with E-state index < -0.39 is 10.0 Å². The molecule has 1 aliphatic rings. The molecular formula is C22H29N3O3S. The van der Waals surface area contributed by atoms with Gasteiger partial charge in [0.05, 0.1) is 11.4 Å². The van der Waals surface area contributed by atoms with E-state index in [2.05, 4.69) is 29.6 Å². The van der Waals surface area contributed by atoms with Gasteiger partial charge in [-0.2, -0.15) is 4.31 Å². The van der Waals surface area contributed by atoms with Crippen molar-refractivity contribution >= 4 is 21.6 Å². The van der Waals surface area contributed by atoms with Gasteiger partial charge in [-0.3, -0.25) is 9.69 Å². The molecule has 1 aliphatic heterocycles. The van der Waals surface area contributed by atoms with Crippen LogP contribution in [0.15, 0.2) is 53.4 Å². The van der Waals surface area contributed by atoms with Crippen LogP contribution in [-0.2, 0) is 21.4 Å². The number of sulfonamides is 1. The Hall–Kier alpha value is -2.22. The molecule has 2 aromatic carbocycles. The fourth-order valence-electron chi connectivity index (χ4n) is 3.50. The van der Waals surface area contributed by atoms with Gasteiger partial charge >= 0.3 is 0 Å². The molecule has 7 heteroatoms. The van der Waals surface area contributed by atoms with Gasteiger partial charge in [-0.15, -0.1) is 0 Å². The molecule has 1 saturated heterocycles. The number of nitrogens with zero attached hydrogens (tertiary/aromatic N) is 2. The number of carbonyl (C=O) groups is 1. The monoisotopic (exact) mass is 415 g/mol. The quantitative estimate of drug-likeness (QED) is 0.754. The summed E-state index contributed by atoms with van der Waals surface area (Å²) < 4.78 is 27.2. The molecule has 0 aliphatic carbocycles. The molecule has 0 radical (unpaired) electrons. The first-order chi connectivity index (χ1) is 13.8. The Balaban J connectivity index is 1.60. The molecule has 0 bridgehead atoms. The Kier molecular flexibility index (Phi) is 7.05. The predicted molar refractivity (Wildman–Crippen MR) is 115 cm³/mol. The Labute approximate surface area is 173 Å². The fourth-order valence-corrected chi connectivity index (χ4v) is 5.06. The van der Waals surface area contributed by atoms with Gasteiger partial charge in [-0.1, -0.05) is 42.3 Å². The maximum atomic E-state index is 12.8. The SMILES string of the molecule is Cc1ccc(CN(C)CC(=O)Nc2cccc(S(=O)(=O)N3CCCCC3)c2)cc1. The first-order valence-electron chi connectivity index (χ1n) is 9.99. The third-order valence-electron chi connectivity index (χ3n) is 5.06. The number of aryl methyl sites for hydroxylation is 1. The second-order valence-corrected chi connectivity index (χ2v) is 9.64. The number of likely N-dealkylation sites (N-methyl/N-ethyl adjacent to an activating group) is 1. The van der Waals surface area contributed by atoms with Crippen molar-refractivity contribution in [3.8, 4) is 0 Å². The first-order valence-corrected chi connectivity index (χ1v) is 11.4. The number of piperidine rings is 1. The van der Waals surface area contributed by atoms with Crippen molar-refractivity contribution in [2.45, 2.75) is 37.6 Å². The predicted octanol–water partition coefficient (Wildman–Crippen LogP) is 3.24. The summed E-state index contributed by atoms with van der Waals surface area (Å²) in [5.41, 5.74) is 2.84. The Morgan fingerprint density at radius 3 is 2.45 bits per heavy atom. The molecule has 6 nitrogen and oxygen atoms in total. The molecular weight excluding hydrogens is 386 g/mol. The van der Waals surface area contributed by atoms with Gasteiger partial charge in [0.15, 0.2) is 0 Å². The van der Waals surface area contributed by atoms with E-state index in [-0.39, 0.29) is 17.3 Å². The molecule has 0 unspecified atom stereocenters. The number of rotatable bonds is 7. The van der Waals surface area contributed by atoms with Crippen LogP contribution in [0.1, 0.15) is 30.4 Å². The highest BCUT2D eigenvalue weighted by Gasteiger charge is 2.26. The number of carbonyl (C=O) groups excluding carboxylic acids is 1. The Morgan fingerprint density at radius 2 is 1.76 bits per heavy atom. The average Bonchev–Trinajstić information content (AvgIpc) is 2.70. The summed E-state index contributed by atoms with van der Waals surface area (Å²) in [6.07, 6.45) is 2.85. The summed E-state index contributed by atoms with van der Waals surface area (Å²) in [6, 6.07) is 14.7. The van der Waals surface area contributed by atoms with Crippen LogP contribution >= 0.6 is 0 Å². The van der Waals surface area contributed by atoms with E-state index in [1.165, 1.54) is 9.87 Å². The van der Waals surface area contributed by atoms with Crippen LogP contribution in [0, 0.1) is 6.92 Å². The highest BCUT2D eigenvalue weighted by molar-refractivity contribution is 7.89. The number of nitrogens with one attached hydrogen (secondary N) is 1. The van der Waals surface area contributed by atoms with Gasteiger partial charge in [-0.25, -0.2) is 8.42 Å². The Bertz CT molecular complexity index is 936. The fraction of sp³-hybridized carbons (Fsp3) is 0.409. The zero-order chi connectivity index (χ0) is 20.9. The largest absolute Gasteiger partial charge is 0.325 e. The van der Waals surface area contributed by atoms with E-state index in [0.717, 1.165) is 24.8 Å². The lowest BCUT2D eigenvalue weighted by Gasteiger charge is -2.26. The Morgan fingerprint density at radius 1 is 1.07 bits per heavy atom. The molecule has 0 atom stereocenters. The van der Waals surface area contributed by atoms with Crippen molar-refractivity contribution in [2.24, 2.45) is 0 Å². The van der Waals surface area contributed by atoms with Crippen LogP contribution in [-0.4, -0.2) is 50.2 Å². The normalized spacial score (nSPS) is 15.4. The highest BCUT2D eigenvalue weighted by Crippen LogP contribution is 2.22. The molecule has 156 valence electrons. The third-order valence-corrected chi connectivity index (χ3v) is 6.95. The van der Waals surface area contributed by atoms with Crippen LogP contribution in [0.3, 0.4) is 0 Å². The number of benzene rings is 2. The number of amides is 1. The summed E-state index contributed by atoms with van der Waals surface area (Å²) in [7, 11) is -1.63. The van der Waals surface area contributed by atoms with Crippen molar-refractivity contribution < 1.29 is 13.2 Å². The van der Waals surface area contributed by atoms with Crippen molar-refractivity contribution in [1.29, 1.82) is 0 Å². The minimum absolute atomic E-state index is 0.174. The molecule has 2 aromatic rings. The molecule has 0 aromatic heterocycles. The molecule has 1 amide bonds. The van der Waals surface area contributed by atoms with Gasteiger partial charge in [0, 0.05) is 25.3 Å². The molecule has 1 N–H and O–H groups in total. The standard InChI is InChI=1S/C22H29N3O3S/c1-18-9-11-19(12-10-18)16-24(2)17-22(26)23-20-7-6-8-21(15-20)29(27,28)25-13-4-3-5-14-25/h6-12,15H,3-5,13-14,16-17H2,1-2H3,(H,23,26). The second kappa shape index (κ2) is 9.52. The summed E-state index contributed by atoms with van der Waals surface area (Å²) in [4.78, 5) is 14.6. The average molecular weight is 416 g/mol. The van der Waals surface area contributed by atoms with Crippen molar-refractivity contribution in [1.82, 2.24) is 9.21 Å². The zero-order valence-electron chi connectivity index (χ0n) is 17.1. The third kappa shape index (κ3) is 5.88. The van der Waals surface area contributed by atoms with Crippen molar-refractivity contribution in [3.63, 3.8) is 0 Å². The van der Waals surface area contributed by atoms with Crippen LogP contribution in [0.25, 0.3) is 0 Å². The van der Waals surface area contributed by atoms with Crippen LogP contribution in [0.5, 0.6) is 0 Å². The molecule has 3 rings (SSSR count). The van der Waals surface area contributed by atoms with Crippen molar-refractivity contribution in [3.05, 3.63) is 59.7 Å². The lowest BCUT2D eigenvalue weighted by atomic mass is 10.1. The maximum Gasteiger partial charge on any atom is 0.243 e. The molecule has 0 spiro atoms. The van der Waals surface area contributed by atoms with Crippen LogP contribution in [0.2, 0.25) is 0 Å². The van der Waals surface area contributed by atoms with Gasteiger partial charge in [0.2, 0.25) is 15.9 Å². The lowest BCUT2D eigenvalue weighted by Crippen LogP contribution is -2.35. The van der Waals surface area contributed by atoms with Gasteiger partial charge in [0.1, 0.15) is 0 Å².